The van der Waals surface area contributed by atoms with Crippen LogP contribution in [-0.4, -0.2) is 0 Å². The molecule has 0 aliphatic carbocycles. The Kier molecular flexibility index (Phi) is 2.36. The molecule has 0 saturated carbocycles. The molecule has 0 amide bonds. The zero-order chi connectivity index (χ0) is 9.97. The van der Waals surface area contributed by atoms with Gasteiger partial charge < -0.3 is 0 Å². The van der Waals surface area contributed by atoms with Gasteiger partial charge in [0, 0.05) is 0 Å². The topological polar surface area (TPSA) is 0 Å². The summed E-state index contributed by atoms with van der Waals surface area (Å²) in [5.41, 5.74) is 2.72. The summed E-state index contributed by atoms with van der Waals surface area (Å²) >= 11 is 0. The molecule has 0 aromatic heterocycles. The molecule has 2 aromatic carbocycles. The molecule has 0 atom stereocenters. The van der Waals surface area contributed by atoms with E-state index >= 15 is 0 Å². The lowest BCUT2D eigenvalue weighted by molar-refractivity contribution is 1.30. The molecule has 0 saturated heterocycles. The van der Waals surface area contributed by atoms with Crippen LogP contribution in [0.15, 0.2) is 49.1 Å². The smallest absolute Gasteiger partial charge is 0.00939 e. The van der Waals surface area contributed by atoms with Crippen molar-refractivity contribution in [1.29, 1.82) is 0 Å². The maximum absolute atomic E-state index is 3.79. The third-order valence-corrected chi connectivity index (χ3v) is 2.56. The molecule has 0 aliphatic heterocycles. The van der Waals surface area contributed by atoms with E-state index in [1.54, 1.807) is 0 Å². The Bertz CT molecular complexity index is 461. The van der Waals surface area contributed by atoms with Crippen LogP contribution in [0, 0.1) is 6.92 Å². The first-order valence-electron chi connectivity index (χ1n) is 4.91. The third-order valence-electron chi connectivity index (χ3n) is 2.56. The first-order valence-corrected chi connectivity index (χ1v) is 4.91. The molecule has 2 rings (SSSR count). The largest absolute Gasteiger partial charge is 0.103 e. The highest BCUT2D eigenvalue weighted by molar-refractivity contribution is 5.88. The number of benzene rings is 2. The van der Waals surface area contributed by atoms with Crippen LogP contribution >= 0.6 is 0 Å². The molecule has 0 fully saturated rings. The van der Waals surface area contributed by atoms with E-state index in [-0.39, 0.29) is 0 Å². The summed E-state index contributed by atoms with van der Waals surface area (Å²) < 4.78 is 0. The van der Waals surface area contributed by atoms with Gasteiger partial charge in [-0.25, -0.2) is 0 Å². The van der Waals surface area contributed by atoms with Gasteiger partial charge in [-0.15, -0.1) is 6.58 Å². The second-order valence-electron chi connectivity index (χ2n) is 3.58. The van der Waals surface area contributed by atoms with Crippen molar-refractivity contribution < 1.29 is 0 Å². The molecule has 0 spiro atoms. The van der Waals surface area contributed by atoms with E-state index in [1.165, 1.54) is 21.9 Å². The second kappa shape index (κ2) is 3.67. The summed E-state index contributed by atoms with van der Waals surface area (Å²) in [7, 11) is 0. The Labute approximate surface area is 84.9 Å². The summed E-state index contributed by atoms with van der Waals surface area (Å²) in [4.78, 5) is 0. The van der Waals surface area contributed by atoms with Crippen LogP contribution in [0.2, 0.25) is 0 Å². The summed E-state index contributed by atoms with van der Waals surface area (Å²) in [5.74, 6) is 0. The summed E-state index contributed by atoms with van der Waals surface area (Å²) in [6, 6.07) is 12.9. The Morgan fingerprint density at radius 3 is 2.57 bits per heavy atom. The molecule has 2 aromatic rings. The standard InChI is InChI=1S/C14H14/c1-3-6-12-9-5-10-13-8-4-7-11(2)14(12)13/h3-5,7-10H,1,6H2,2H3. The van der Waals surface area contributed by atoms with Crippen LogP contribution in [0.1, 0.15) is 11.1 Å². The Hall–Kier alpha value is -1.56. The van der Waals surface area contributed by atoms with E-state index in [9.17, 15) is 0 Å². The van der Waals surface area contributed by atoms with Crippen LogP contribution < -0.4 is 0 Å². The molecule has 0 nitrogen and oxygen atoms in total. The Morgan fingerprint density at radius 1 is 1.14 bits per heavy atom. The maximum atomic E-state index is 3.79. The van der Waals surface area contributed by atoms with Crippen molar-refractivity contribution in [2.75, 3.05) is 0 Å². The van der Waals surface area contributed by atoms with Crippen LogP contribution in [0.4, 0.5) is 0 Å². The number of aryl methyl sites for hydroxylation is 1. The fourth-order valence-corrected chi connectivity index (χ4v) is 1.94. The summed E-state index contributed by atoms with van der Waals surface area (Å²) in [5, 5.41) is 2.71. The lowest BCUT2D eigenvalue weighted by atomic mass is 9.98. The van der Waals surface area contributed by atoms with Crippen molar-refractivity contribution in [3.63, 3.8) is 0 Å². The molecule has 0 heteroatoms. The lowest BCUT2D eigenvalue weighted by Crippen LogP contribution is -1.86. The van der Waals surface area contributed by atoms with Gasteiger partial charge in [0.15, 0.2) is 0 Å². The van der Waals surface area contributed by atoms with Crippen molar-refractivity contribution in [1.82, 2.24) is 0 Å². The van der Waals surface area contributed by atoms with Gasteiger partial charge in [-0.2, -0.15) is 0 Å². The number of fused-ring (bicyclic) bond motifs is 1. The number of hydrogen-bond donors (Lipinski definition) is 0. The van der Waals surface area contributed by atoms with Crippen LogP contribution in [0.5, 0.6) is 0 Å². The van der Waals surface area contributed by atoms with Gasteiger partial charge in [0.1, 0.15) is 0 Å². The molecule has 0 aliphatic rings. The minimum atomic E-state index is 0.947. The average Bonchev–Trinajstić information content (AvgIpc) is 2.19. The maximum Gasteiger partial charge on any atom is -0.00939 e. The van der Waals surface area contributed by atoms with E-state index in [0.29, 0.717) is 0 Å². The molecular formula is C14H14. The zero-order valence-electron chi connectivity index (χ0n) is 8.46. The highest BCUT2D eigenvalue weighted by Crippen LogP contribution is 2.22. The Morgan fingerprint density at radius 2 is 1.86 bits per heavy atom. The minimum absolute atomic E-state index is 0.947. The van der Waals surface area contributed by atoms with Crippen LogP contribution in [0.25, 0.3) is 10.8 Å². The zero-order valence-corrected chi connectivity index (χ0v) is 8.46. The van der Waals surface area contributed by atoms with Crippen molar-refractivity contribution in [2.24, 2.45) is 0 Å². The molecule has 70 valence electrons. The second-order valence-corrected chi connectivity index (χ2v) is 3.58. The molecule has 0 heterocycles. The van der Waals surface area contributed by atoms with Crippen molar-refractivity contribution >= 4 is 10.8 Å². The molecule has 0 radical (unpaired) electrons. The van der Waals surface area contributed by atoms with E-state index in [0.717, 1.165) is 6.42 Å². The number of rotatable bonds is 2. The van der Waals surface area contributed by atoms with Gasteiger partial charge in [0.05, 0.1) is 0 Å². The van der Waals surface area contributed by atoms with Crippen molar-refractivity contribution in [3.8, 4) is 0 Å². The molecule has 14 heavy (non-hydrogen) atoms. The normalized spacial score (nSPS) is 10.4. The fraction of sp³-hybridized carbons (Fsp3) is 0.143. The van der Waals surface area contributed by atoms with Gasteiger partial charge >= 0.3 is 0 Å². The predicted octanol–water partition coefficient (Wildman–Crippen LogP) is 3.88. The molecule has 0 unspecified atom stereocenters. The van der Waals surface area contributed by atoms with Crippen LogP contribution in [-0.2, 0) is 6.42 Å². The van der Waals surface area contributed by atoms with Crippen molar-refractivity contribution in [3.05, 3.63) is 60.2 Å². The van der Waals surface area contributed by atoms with E-state index in [2.05, 4.69) is 49.9 Å². The molecule has 0 bridgehead atoms. The van der Waals surface area contributed by atoms with Crippen LogP contribution in [0.3, 0.4) is 0 Å². The fourth-order valence-electron chi connectivity index (χ4n) is 1.94. The van der Waals surface area contributed by atoms with E-state index in [1.807, 2.05) is 6.08 Å². The van der Waals surface area contributed by atoms with Gasteiger partial charge in [-0.05, 0) is 35.2 Å². The SMILES string of the molecule is C=CCc1cccc2cccc(C)c12. The van der Waals surface area contributed by atoms with E-state index < -0.39 is 0 Å². The lowest BCUT2D eigenvalue weighted by Gasteiger charge is -2.06. The van der Waals surface area contributed by atoms with Gasteiger partial charge in [0.25, 0.3) is 0 Å². The Balaban J connectivity index is 2.77. The minimum Gasteiger partial charge on any atom is -0.103 e. The quantitative estimate of drug-likeness (QED) is 0.618. The summed E-state index contributed by atoms with van der Waals surface area (Å²) in [6.07, 6.45) is 2.91. The number of hydrogen-bond acceptors (Lipinski definition) is 0. The first-order chi connectivity index (χ1) is 6.83. The highest BCUT2D eigenvalue weighted by atomic mass is 14.1. The summed E-state index contributed by atoms with van der Waals surface area (Å²) in [6.45, 7) is 5.95. The highest BCUT2D eigenvalue weighted by Gasteiger charge is 2.00. The molecule has 0 N–H and O–H groups in total. The third kappa shape index (κ3) is 1.44. The monoisotopic (exact) mass is 182 g/mol. The van der Waals surface area contributed by atoms with Gasteiger partial charge in [-0.1, -0.05) is 42.5 Å². The van der Waals surface area contributed by atoms with Gasteiger partial charge in [-0.3, -0.25) is 0 Å². The average molecular weight is 182 g/mol. The van der Waals surface area contributed by atoms with E-state index in [4.69, 9.17) is 0 Å². The predicted molar refractivity (Wildman–Crippen MR) is 62.6 cm³/mol. The molecular weight excluding hydrogens is 168 g/mol. The first kappa shape index (κ1) is 9.01. The van der Waals surface area contributed by atoms with Gasteiger partial charge in [0.2, 0.25) is 0 Å². The number of allylic oxidation sites excluding steroid dienone is 1. The van der Waals surface area contributed by atoms with Crippen molar-refractivity contribution in [2.45, 2.75) is 13.3 Å².